The largest absolute Gasteiger partial charge is 0.374 e. The minimum absolute atomic E-state index is 0.163. The topological polar surface area (TPSA) is 67.6 Å². The monoisotopic (exact) mass is 244 g/mol. The molecule has 0 amide bonds. The van der Waals surface area contributed by atoms with Crippen LogP contribution in [-0.2, 0) is 17.0 Å². The Kier molecular flexibility index (Phi) is 2.60. The molecule has 0 saturated heterocycles. The number of halogens is 1. The van der Waals surface area contributed by atoms with Gasteiger partial charge in [0.25, 0.3) is 0 Å². The fraction of sp³-hybridized carbons (Fsp3) is 0.250. The van der Waals surface area contributed by atoms with Gasteiger partial charge in [0.1, 0.15) is 0 Å². The molecule has 0 radical (unpaired) electrons. The molecule has 0 saturated carbocycles. The highest BCUT2D eigenvalue weighted by atomic mass is 32.3. The predicted octanol–water partition coefficient (Wildman–Crippen LogP) is 0.375. The summed E-state index contributed by atoms with van der Waals surface area (Å²) < 4.78 is 36.0. The second kappa shape index (κ2) is 3.80. The summed E-state index contributed by atoms with van der Waals surface area (Å²) in [5.74, 6) is 0.360. The first kappa shape index (κ1) is 11.0. The van der Waals surface area contributed by atoms with Crippen LogP contribution in [0.1, 0.15) is 5.82 Å². The Hall–Kier alpha value is -1.54. The van der Waals surface area contributed by atoms with Crippen molar-refractivity contribution in [1.82, 2.24) is 18.9 Å². The van der Waals surface area contributed by atoms with Crippen LogP contribution in [0.15, 0.2) is 24.4 Å². The van der Waals surface area contributed by atoms with Gasteiger partial charge in [0.05, 0.1) is 6.54 Å². The zero-order valence-corrected chi connectivity index (χ0v) is 9.22. The Morgan fingerprint density at radius 1 is 1.44 bits per heavy atom. The molecule has 2 heterocycles. The zero-order valence-electron chi connectivity index (χ0n) is 8.41. The third kappa shape index (κ3) is 2.02. The summed E-state index contributed by atoms with van der Waals surface area (Å²) in [5, 5.41) is 7.61. The first-order valence-electron chi connectivity index (χ1n) is 4.43. The van der Waals surface area contributed by atoms with Gasteiger partial charge < -0.3 is 0 Å². The van der Waals surface area contributed by atoms with E-state index in [1.807, 2.05) is 0 Å². The van der Waals surface area contributed by atoms with Crippen LogP contribution in [0.5, 0.6) is 0 Å². The van der Waals surface area contributed by atoms with Gasteiger partial charge in [-0.25, -0.2) is 0 Å². The van der Waals surface area contributed by atoms with Crippen LogP contribution >= 0.6 is 0 Å². The third-order valence-electron chi connectivity index (χ3n) is 2.12. The maximum Gasteiger partial charge on any atom is 0.374 e. The van der Waals surface area contributed by atoms with Crippen molar-refractivity contribution in [1.29, 1.82) is 0 Å². The van der Waals surface area contributed by atoms with Crippen LogP contribution in [0.2, 0.25) is 0 Å². The molecule has 2 aromatic rings. The van der Waals surface area contributed by atoms with E-state index >= 15 is 0 Å². The number of aromatic nitrogens is 3. The number of pyridine rings is 1. The van der Waals surface area contributed by atoms with E-state index in [2.05, 4.69) is 10.2 Å². The SMILES string of the molecule is CN(Cc1nnc2ccccn12)S(=O)(=O)F. The number of nitrogens with zero attached hydrogens (tertiary/aromatic N) is 4. The summed E-state index contributed by atoms with van der Waals surface area (Å²) in [5.41, 5.74) is 0.585. The summed E-state index contributed by atoms with van der Waals surface area (Å²) >= 11 is 0. The average molecular weight is 244 g/mol. The van der Waals surface area contributed by atoms with Gasteiger partial charge in [-0.2, -0.15) is 12.7 Å². The highest BCUT2D eigenvalue weighted by molar-refractivity contribution is 7.83. The minimum Gasteiger partial charge on any atom is -0.285 e. The van der Waals surface area contributed by atoms with Crippen molar-refractivity contribution in [2.45, 2.75) is 6.54 Å². The molecule has 0 aromatic carbocycles. The minimum atomic E-state index is -4.70. The summed E-state index contributed by atoms with van der Waals surface area (Å²) in [4.78, 5) is 0. The van der Waals surface area contributed by atoms with Gasteiger partial charge in [-0.3, -0.25) is 4.40 Å². The highest BCUT2D eigenvalue weighted by Crippen LogP contribution is 2.08. The first-order chi connectivity index (χ1) is 7.48. The zero-order chi connectivity index (χ0) is 11.8. The number of hydrogen-bond donors (Lipinski definition) is 0. The molecule has 0 atom stereocenters. The second-order valence-electron chi connectivity index (χ2n) is 3.24. The fourth-order valence-electron chi connectivity index (χ4n) is 1.28. The van der Waals surface area contributed by atoms with Crippen molar-refractivity contribution in [2.24, 2.45) is 0 Å². The van der Waals surface area contributed by atoms with Crippen LogP contribution in [0.25, 0.3) is 5.65 Å². The normalized spacial score (nSPS) is 12.4. The van der Waals surface area contributed by atoms with Crippen LogP contribution in [0, 0.1) is 0 Å². The van der Waals surface area contributed by atoms with Crippen molar-refractivity contribution >= 4 is 16.1 Å². The lowest BCUT2D eigenvalue weighted by molar-refractivity contribution is 0.420. The molecule has 8 heteroatoms. The summed E-state index contributed by atoms with van der Waals surface area (Å²) in [6.07, 6.45) is 1.68. The van der Waals surface area contributed by atoms with Crippen molar-refractivity contribution < 1.29 is 12.3 Å². The van der Waals surface area contributed by atoms with E-state index < -0.39 is 10.4 Å². The van der Waals surface area contributed by atoms with Gasteiger partial charge in [0.2, 0.25) is 0 Å². The van der Waals surface area contributed by atoms with Crippen molar-refractivity contribution in [3.05, 3.63) is 30.2 Å². The van der Waals surface area contributed by atoms with Gasteiger partial charge in [0, 0.05) is 13.2 Å². The predicted molar refractivity (Wildman–Crippen MR) is 54.5 cm³/mol. The number of rotatable bonds is 3. The number of fused-ring (bicyclic) bond motifs is 1. The Bertz CT molecular complexity index is 609. The third-order valence-corrected chi connectivity index (χ3v) is 2.99. The molecule has 0 aliphatic heterocycles. The summed E-state index contributed by atoms with van der Waals surface area (Å²) in [7, 11) is -3.56. The molecule has 0 N–H and O–H groups in total. The molecule has 86 valence electrons. The van der Waals surface area contributed by atoms with Crippen LogP contribution < -0.4 is 0 Å². The van der Waals surface area contributed by atoms with E-state index in [4.69, 9.17) is 0 Å². The summed E-state index contributed by atoms with van der Waals surface area (Å²) in [6.45, 7) is -0.163. The molecule has 6 nitrogen and oxygen atoms in total. The highest BCUT2D eigenvalue weighted by Gasteiger charge is 2.18. The van der Waals surface area contributed by atoms with Gasteiger partial charge in [-0.15, -0.1) is 10.2 Å². The van der Waals surface area contributed by atoms with Gasteiger partial charge in [0.15, 0.2) is 11.5 Å². The molecular weight excluding hydrogens is 235 g/mol. The van der Waals surface area contributed by atoms with Crippen molar-refractivity contribution in [3.8, 4) is 0 Å². The Morgan fingerprint density at radius 2 is 2.19 bits per heavy atom. The lowest BCUT2D eigenvalue weighted by atomic mass is 10.4. The molecule has 2 aromatic heterocycles. The lowest BCUT2D eigenvalue weighted by Gasteiger charge is -2.08. The summed E-state index contributed by atoms with van der Waals surface area (Å²) in [6, 6.07) is 5.26. The van der Waals surface area contributed by atoms with E-state index in [1.54, 1.807) is 28.8 Å². The van der Waals surface area contributed by atoms with Crippen molar-refractivity contribution in [3.63, 3.8) is 0 Å². The van der Waals surface area contributed by atoms with E-state index in [-0.39, 0.29) is 6.54 Å². The maximum absolute atomic E-state index is 12.6. The molecule has 16 heavy (non-hydrogen) atoms. The average Bonchev–Trinajstić information content (AvgIpc) is 2.61. The van der Waals surface area contributed by atoms with Crippen LogP contribution in [0.4, 0.5) is 3.89 Å². The van der Waals surface area contributed by atoms with E-state index in [0.29, 0.717) is 15.8 Å². The maximum atomic E-state index is 12.6. The van der Waals surface area contributed by atoms with Gasteiger partial charge in [-0.05, 0) is 12.1 Å². The van der Waals surface area contributed by atoms with Crippen LogP contribution in [-0.4, -0.2) is 34.4 Å². The Labute approximate surface area is 91.7 Å². The van der Waals surface area contributed by atoms with Crippen molar-refractivity contribution in [2.75, 3.05) is 7.05 Å². The molecule has 2 rings (SSSR count). The molecule has 0 unspecified atom stereocenters. The molecule has 0 spiro atoms. The van der Waals surface area contributed by atoms with E-state index in [1.165, 1.54) is 0 Å². The second-order valence-corrected chi connectivity index (χ2v) is 4.69. The Balaban J connectivity index is 2.35. The molecule has 0 fully saturated rings. The smallest absolute Gasteiger partial charge is 0.285 e. The Morgan fingerprint density at radius 3 is 2.88 bits per heavy atom. The van der Waals surface area contributed by atoms with Gasteiger partial charge in [-0.1, -0.05) is 9.95 Å². The van der Waals surface area contributed by atoms with E-state index in [9.17, 15) is 12.3 Å². The molecule has 0 aliphatic carbocycles. The molecule has 0 aliphatic rings. The quantitative estimate of drug-likeness (QED) is 0.732. The lowest BCUT2D eigenvalue weighted by Crippen LogP contribution is -2.23. The molecular formula is C8H9FN4O2S. The van der Waals surface area contributed by atoms with Gasteiger partial charge >= 0.3 is 10.4 Å². The van der Waals surface area contributed by atoms with E-state index in [0.717, 1.165) is 7.05 Å². The number of hydrogen-bond acceptors (Lipinski definition) is 4. The fourth-order valence-corrected chi connectivity index (χ4v) is 1.54. The first-order valence-corrected chi connectivity index (χ1v) is 5.77. The molecule has 0 bridgehead atoms. The standard InChI is InChI=1S/C8H9FN4O2S/c1-12(16(9,14)15)6-8-11-10-7-4-2-3-5-13(7)8/h2-5H,6H2,1H3. The van der Waals surface area contributed by atoms with Crippen LogP contribution in [0.3, 0.4) is 0 Å².